The van der Waals surface area contributed by atoms with E-state index < -0.39 is 40.8 Å². The summed E-state index contributed by atoms with van der Waals surface area (Å²) in [5, 5.41) is 17.5. The van der Waals surface area contributed by atoms with Crippen molar-refractivity contribution in [3.05, 3.63) is 29.1 Å². The third-order valence-corrected chi connectivity index (χ3v) is 1.89. The Labute approximate surface area is 87.9 Å². The molecule has 1 atom stereocenters. The van der Waals surface area contributed by atoms with Crippen LogP contribution in [0.4, 0.5) is 13.2 Å². The lowest BCUT2D eigenvalue weighted by Gasteiger charge is -2.13. The molecule has 88 valence electrons. The van der Waals surface area contributed by atoms with E-state index >= 15 is 0 Å². The van der Waals surface area contributed by atoms with Crippen molar-refractivity contribution in [2.45, 2.75) is 6.10 Å². The van der Waals surface area contributed by atoms with Crippen molar-refractivity contribution in [3.63, 3.8) is 0 Å². The summed E-state index contributed by atoms with van der Waals surface area (Å²) in [5.41, 5.74) is -0.950. The molecule has 0 bridgehead atoms. The van der Waals surface area contributed by atoms with Crippen molar-refractivity contribution in [2.24, 2.45) is 0 Å². The molecule has 7 heteroatoms. The molecular weight excluding hydrogens is 229 g/mol. The van der Waals surface area contributed by atoms with Crippen LogP contribution < -0.4 is 4.74 Å². The molecule has 1 unspecified atom stereocenters. The van der Waals surface area contributed by atoms with Crippen LogP contribution in [0.2, 0.25) is 0 Å². The second-order valence-corrected chi connectivity index (χ2v) is 2.84. The second-order valence-electron chi connectivity index (χ2n) is 2.84. The maximum absolute atomic E-state index is 13.2. The average Bonchev–Trinajstić information content (AvgIpc) is 2.24. The van der Waals surface area contributed by atoms with Gasteiger partial charge in [0.25, 0.3) is 0 Å². The van der Waals surface area contributed by atoms with Gasteiger partial charge in [0, 0.05) is 6.07 Å². The van der Waals surface area contributed by atoms with Crippen molar-refractivity contribution in [2.75, 3.05) is 7.11 Å². The molecule has 0 amide bonds. The van der Waals surface area contributed by atoms with E-state index in [1.807, 2.05) is 0 Å². The largest absolute Gasteiger partial charge is 0.496 e. The minimum Gasteiger partial charge on any atom is -0.496 e. The summed E-state index contributed by atoms with van der Waals surface area (Å²) in [6.07, 6.45) is -2.33. The fourth-order valence-electron chi connectivity index (χ4n) is 1.13. The second kappa shape index (κ2) is 4.40. The number of hydrogen-bond donors (Lipinski definition) is 2. The Morgan fingerprint density at radius 2 is 1.94 bits per heavy atom. The molecule has 16 heavy (non-hydrogen) atoms. The summed E-state index contributed by atoms with van der Waals surface area (Å²) in [4.78, 5) is 10.4. The first-order chi connectivity index (χ1) is 7.40. The van der Waals surface area contributed by atoms with Crippen molar-refractivity contribution < 1.29 is 32.9 Å². The quantitative estimate of drug-likeness (QED) is 0.774. The number of carbonyl (C=O) groups is 1. The highest BCUT2D eigenvalue weighted by Crippen LogP contribution is 2.31. The molecule has 2 N–H and O–H groups in total. The van der Waals surface area contributed by atoms with Gasteiger partial charge in [0.1, 0.15) is 5.75 Å². The highest BCUT2D eigenvalue weighted by atomic mass is 19.2. The molecule has 0 fully saturated rings. The Morgan fingerprint density at radius 3 is 2.38 bits per heavy atom. The lowest BCUT2D eigenvalue weighted by atomic mass is 10.1. The molecule has 0 radical (unpaired) electrons. The molecule has 1 aromatic carbocycles. The van der Waals surface area contributed by atoms with Gasteiger partial charge in [-0.1, -0.05) is 0 Å². The number of hydrogen-bond acceptors (Lipinski definition) is 3. The number of carboxylic acids is 1. The number of aliphatic hydroxyl groups is 1. The number of methoxy groups -OCH3 is 1. The standard InChI is InChI=1S/C9H7F3O4/c1-16-4-2-3(10)6(11)7(12)5(4)8(13)9(14)15/h2,8,13H,1H3,(H,14,15). The summed E-state index contributed by atoms with van der Waals surface area (Å²) in [6.45, 7) is 0. The maximum Gasteiger partial charge on any atom is 0.337 e. The zero-order valence-corrected chi connectivity index (χ0v) is 8.00. The van der Waals surface area contributed by atoms with Crippen LogP contribution in [0.1, 0.15) is 11.7 Å². The summed E-state index contributed by atoms with van der Waals surface area (Å²) in [7, 11) is 1.00. The van der Waals surface area contributed by atoms with Crippen LogP contribution in [-0.4, -0.2) is 23.3 Å². The van der Waals surface area contributed by atoms with E-state index in [2.05, 4.69) is 4.74 Å². The van der Waals surface area contributed by atoms with Crippen LogP contribution >= 0.6 is 0 Å². The molecule has 0 aromatic heterocycles. The van der Waals surface area contributed by atoms with Crippen LogP contribution in [0, 0.1) is 17.5 Å². The third kappa shape index (κ3) is 1.94. The number of ether oxygens (including phenoxy) is 1. The number of benzene rings is 1. The molecular formula is C9H7F3O4. The molecule has 0 aliphatic rings. The van der Waals surface area contributed by atoms with Gasteiger partial charge in [0.15, 0.2) is 23.6 Å². The van der Waals surface area contributed by atoms with Crippen molar-refractivity contribution >= 4 is 5.97 Å². The van der Waals surface area contributed by atoms with Gasteiger partial charge in [-0.15, -0.1) is 0 Å². The zero-order valence-electron chi connectivity index (χ0n) is 8.00. The van der Waals surface area contributed by atoms with Crippen LogP contribution in [-0.2, 0) is 4.79 Å². The van der Waals surface area contributed by atoms with Gasteiger partial charge in [0.05, 0.1) is 12.7 Å². The number of carboxylic acid groups (broad SMARTS) is 1. The monoisotopic (exact) mass is 236 g/mol. The fourth-order valence-corrected chi connectivity index (χ4v) is 1.13. The van der Waals surface area contributed by atoms with Gasteiger partial charge in [-0.05, 0) is 0 Å². The van der Waals surface area contributed by atoms with Crippen LogP contribution in [0.5, 0.6) is 5.75 Å². The molecule has 0 aliphatic heterocycles. The minimum absolute atomic E-state index is 0.458. The normalized spacial score (nSPS) is 12.3. The van der Waals surface area contributed by atoms with Gasteiger partial charge in [0.2, 0.25) is 0 Å². The van der Waals surface area contributed by atoms with Crippen LogP contribution in [0.3, 0.4) is 0 Å². The minimum atomic E-state index is -2.33. The first kappa shape index (κ1) is 12.3. The summed E-state index contributed by atoms with van der Waals surface area (Å²) in [6, 6.07) is 0.458. The Balaban J connectivity index is 3.47. The van der Waals surface area contributed by atoms with Crippen molar-refractivity contribution in [3.8, 4) is 5.75 Å². The smallest absolute Gasteiger partial charge is 0.337 e. The lowest BCUT2D eigenvalue weighted by Crippen LogP contribution is -2.15. The van der Waals surface area contributed by atoms with E-state index in [9.17, 15) is 18.0 Å². The first-order valence-corrected chi connectivity index (χ1v) is 4.02. The molecule has 0 aliphatic carbocycles. The third-order valence-electron chi connectivity index (χ3n) is 1.89. The van der Waals surface area contributed by atoms with Gasteiger partial charge >= 0.3 is 5.97 Å². The Bertz CT molecular complexity index is 433. The molecule has 0 spiro atoms. The summed E-state index contributed by atoms with van der Waals surface area (Å²) in [5.74, 6) is -7.56. The predicted molar refractivity (Wildman–Crippen MR) is 45.5 cm³/mol. The van der Waals surface area contributed by atoms with Crippen LogP contribution in [0.15, 0.2) is 6.07 Å². The van der Waals surface area contributed by atoms with E-state index in [1.54, 1.807) is 0 Å². The number of aliphatic hydroxyl groups excluding tert-OH is 1. The molecule has 1 aromatic rings. The molecule has 0 saturated carbocycles. The van der Waals surface area contributed by atoms with Gasteiger partial charge in [-0.3, -0.25) is 0 Å². The highest BCUT2D eigenvalue weighted by molar-refractivity contribution is 5.75. The SMILES string of the molecule is COc1cc(F)c(F)c(F)c1C(O)C(=O)O. The van der Waals surface area contributed by atoms with E-state index in [4.69, 9.17) is 10.2 Å². The predicted octanol–water partition coefficient (Wildman–Crippen LogP) is 1.23. The molecule has 1 rings (SSSR count). The topological polar surface area (TPSA) is 66.8 Å². The summed E-state index contributed by atoms with van der Waals surface area (Å²) < 4.78 is 43.2. The maximum atomic E-state index is 13.2. The van der Waals surface area contributed by atoms with E-state index in [0.717, 1.165) is 7.11 Å². The summed E-state index contributed by atoms with van der Waals surface area (Å²) >= 11 is 0. The van der Waals surface area contributed by atoms with Gasteiger partial charge < -0.3 is 14.9 Å². The fraction of sp³-hybridized carbons (Fsp3) is 0.222. The van der Waals surface area contributed by atoms with Crippen molar-refractivity contribution in [1.29, 1.82) is 0 Å². The molecule has 4 nitrogen and oxygen atoms in total. The number of aliphatic carboxylic acids is 1. The van der Waals surface area contributed by atoms with Gasteiger partial charge in [-0.25, -0.2) is 18.0 Å². The Morgan fingerprint density at radius 1 is 1.38 bits per heavy atom. The highest BCUT2D eigenvalue weighted by Gasteiger charge is 2.28. The molecule has 0 heterocycles. The van der Waals surface area contributed by atoms with E-state index in [0.29, 0.717) is 6.07 Å². The van der Waals surface area contributed by atoms with Gasteiger partial charge in [-0.2, -0.15) is 0 Å². The Hall–Kier alpha value is -1.76. The van der Waals surface area contributed by atoms with Crippen molar-refractivity contribution in [1.82, 2.24) is 0 Å². The number of rotatable bonds is 3. The van der Waals surface area contributed by atoms with E-state index in [1.165, 1.54) is 0 Å². The number of halogens is 3. The lowest BCUT2D eigenvalue weighted by molar-refractivity contribution is -0.147. The van der Waals surface area contributed by atoms with E-state index in [-0.39, 0.29) is 0 Å². The first-order valence-electron chi connectivity index (χ1n) is 4.02. The zero-order chi connectivity index (χ0) is 12.5. The molecule has 0 saturated heterocycles. The van der Waals surface area contributed by atoms with Crippen LogP contribution in [0.25, 0.3) is 0 Å². The Kier molecular flexibility index (Phi) is 3.38. The average molecular weight is 236 g/mol.